The molecule has 0 spiro atoms. The van der Waals surface area contributed by atoms with E-state index in [1.165, 1.54) is 0 Å². The van der Waals surface area contributed by atoms with Crippen LogP contribution in [0.25, 0.3) is 0 Å². The van der Waals surface area contributed by atoms with Gasteiger partial charge in [-0.05, 0) is 12.5 Å². The minimum Gasteiger partial charge on any atom is -0.496 e. The lowest BCUT2D eigenvalue weighted by Gasteiger charge is -2.18. The molecule has 0 aliphatic rings. The molecule has 0 fully saturated rings. The van der Waals surface area contributed by atoms with E-state index in [-0.39, 0.29) is 6.61 Å². The second kappa shape index (κ2) is 7.86. The van der Waals surface area contributed by atoms with Gasteiger partial charge in [0, 0.05) is 18.2 Å². The molecular weight excluding hydrogens is 248 g/mol. The van der Waals surface area contributed by atoms with E-state index in [2.05, 4.69) is 0 Å². The van der Waals surface area contributed by atoms with E-state index in [1.807, 2.05) is 6.92 Å². The minimum absolute atomic E-state index is 0.222. The summed E-state index contributed by atoms with van der Waals surface area (Å²) in [6.07, 6.45) is 0.150. The van der Waals surface area contributed by atoms with Gasteiger partial charge >= 0.3 is 0 Å². The number of aliphatic hydroxyl groups is 1. The first-order chi connectivity index (χ1) is 9.17. The van der Waals surface area contributed by atoms with Gasteiger partial charge in [0.25, 0.3) is 0 Å². The fourth-order valence-corrected chi connectivity index (χ4v) is 1.74. The van der Waals surface area contributed by atoms with Gasteiger partial charge in [-0.1, -0.05) is 6.92 Å². The second-order valence-electron chi connectivity index (χ2n) is 4.04. The topological polar surface area (TPSA) is 57.2 Å². The van der Waals surface area contributed by atoms with Crippen molar-refractivity contribution < 1.29 is 24.1 Å². The average molecular weight is 270 g/mol. The normalized spacial score (nSPS) is 12.1. The molecule has 0 radical (unpaired) electrons. The van der Waals surface area contributed by atoms with Crippen molar-refractivity contribution in [2.24, 2.45) is 0 Å². The summed E-state index contributed by atoms with van der Waals surface area (Å²) in [6, 6.07) is 3.40. The van der Waals surface area contributed by atoms with Gasteiger partial charge in [-0.15, -0.1) is 0 Å². The van der Waals surface area contributed by atoms with Gasteiger partial charge in [0.2, 0.25) is 0 Å². The number of methoxy groups -OCH3 is 3. The lowest BCUT2D eigenvalue weighted by atomic mass is 10.1. The molecular formula is C14H22O5. The van der Waals surface area contributed by atoms with Crippen LogP contribution in [0.3, 0.4) is 0 Å². The predicted molar refractivity (Wildman–Crippen MR) is 72.2 cm³/mol. The molecule has 5 heteroatoms. The summed E-state index contributed by atoms with van der Waals surface area (Å²) in [5, 5.41) is 10.1. The Morgan fingerprint density at radius 2 is 1.58 bits per heavy atom. The number of ether oxygens (including phenoxy) is 4. The largest absolute Gasteiger partial charge is 0.496 e. The Balaban J connectivity index is 2.97. The van der Waals surface area contributed by atoms with Crippen molar-refractivity contribution in [1.29, 1.82) is 0 Å². The van der Waals surface area contributed by atoms with E-state index in [1.54, 1.807) is 33.5 Å². The monoisotopic (exact) mass is 270 g/mol. The number of rotatable bonds is 8. The smallest absolute Gasteiger partial charge is 0.164 e. The average Bonchev–Trinajstić information content (AvgIpc) is 2.45. The van der Waals surface area contributed by atoms with Crippen LogP contribution in [0.2, 0.25) is 0 Å². The van der Waals surface area contributed by atoms with Gasteiger partial charge in [0.1, 0.15) is 11.9 Å². The zero-order chi connectivity index (χ0) is 14.3. The number of hydrogen-bond donors (Lipinski definition) is 1. The van der Waals surface area contributed by atoms with Crippen molar-refractivity contribution in [3.8, 4) is 17.2 Å². The standard InChI is InChI=1S/C14H22O5/c1-5-6-19-9-11(15)10-7-13(17-3)14(18-4)8-12(10)16-2/h7-8,11,15H,5-6,9H2,1-4H3. The Morgan fingerprint density at radius 1 is 1.00 bits per heavy atom. The maximum absolute atomic E-state index is 10.1. The zero-order valence-corrected chi connectivity index (χ0v) is 11.9. The third-order valence-corrected chi connectivity index (χ3v) is 2.72. The van der Waals surface area contributed by atoms with E-state index in [4.69, 9.17) is 18.9 Å². The molecule has 0 heterocycles. The zero-order valence-electron chi connectivity index (χ0n) is 11.9. The van der Waals surface area contributed by atoms with Gasteiger partial charge in [-0.2, -0.15) is 0 Å². The minimum atomic E-state index is -0.763. The highest BCUT2D eigenvalue weighted by molar-refractivity contribution is 5.51. The molecule has 5 nitrogen and oxygen atoms in total. The summed E-state index contributed by atoms with van der Waals surface area (Å²) in [5.74, 6) is 1.66. The highest BCUT2D eigenvalue weighted by atomic mass is 16.5. The second-order valence-corrected chi connectivity index (χ2v) is 4.04. The van der Waals surface area contributed by atoms with Gasteiger partial charge in [0.05, 0.1) is 27.9 Å². The lowest BCUT2D eigenvalue weighted by Crippen LogP contribution is -2.09. The molecule has 0 saturated heterocycles. The summed E-state index contributed by atoms with van der Waals surface area (Å²) in [4.78, 5) is 0. The van der Waals surface area contributed by atoms with Crippen LogP contribution in [0, 0.1) is 0 Å². The third kappa shape index (κ3) is 4.01. The molecule has 1 aromatic carbocycles. The van der Waals surface area contributed by atoms with Gasteiger partial charge in [-0.3, -0.25) is 0 Å². The molecule has 19 heavy (non-hydrogen) atoms. The van der Waals surface area contributed by atoms with Crippen molar-refractivity contribution >= 4 is 0 Å². The Kier molecular flexibility index (Phi) is 6.45. The highest BCUT2D eigenvalue weighted by Gasteiger charge is 2.18. The van der Waals surface area contributed by atoms with Gasteiger partial charge in [-0.25, -0.2) is 0 Å². The summed E-state index contributed by atoms with van der Waals surface area (Å²) < 4.78 is 21.0. The SMILES string of the molecule is CCCOCC(O)c1cc(OC)c(OC)cc1OC. The molecule has 0 aromatic heterocycles. The van der Waals surface area contributed by atoms with Crippen LogP contribution < -0.4 is 14.2 Å². The van der Waals surface area contributed by atoms with Crippen molar-refractivity contribution in [2.75, 3.05) is 34.5 Å². The van der Waals surface area contributed by atoms with Crippen LogP contribution in [0.1, 0.15) is 25.0 Å². The first-order valence-electron chi connectivity index (χ1n) is 6.23. The number of hydrogen-bond acceptors (Lipinski definition) is 5. The summed E-state index contributed by atoms with van der Waals surface area (Å²) >= 11 is 0. The molecule has 0 bridgehead atoms. The predicted octanol–water partition coefficient (Wildman–Crippen LogP) is 2.17. The van der Waals surface area contributed by atoms with Crippen molar-refractivity contribution in [2.45, 2.75) is 19.4 Å². The van der Waals surface area contributed by atoms with Crippen LogP contribution in [-0.2, 0) is 4.74 Å². The molecule has 0 saturated carbocycles. The summed E-state index contributed by atoms with van der Waals surface area (Å²) in [6.45, 7) is 2.86. The summed E-state index contributed by atoms with van der Waals surface area (Å²) in [5.41, 5.74) is 0.622. The Labute approximate surface area is 114 Å². The van der Waals surface area contributed by atoms with Crippen molar-refractivity contribution in [1.82, 2.24) is 0 Å². The molecule has 1 aromatic rings. The Morgan fingerprint density at radius 3 is 2.11 bits per heavy atom. The van der Waals surface area contributed by atoms with Crippen LogP contribution in [0.15, 0.2) is 12.1 Å². The van der Waals surface area contributed by atoms with Crippen LogP contribution in [0.5, 0.6) is 17.2 Å². The molecule has 0 aliphatic carbocycles. The maximum atomic E-state index is 10.1. The first kappa shape index (κ1) is 15.6. The molecule has 0 aliphatic heterocycles. The quantitative estimate of drug-likeness (QED) is 0.734. The van der Waals surface area contributed by atoms with Crippen LogP contribution in [0.4, 0.5) is 0 Å². The first-order valence-corrected chi connectivity index (χ1v) is 6.23. The van der Waals surface area contributed by atoms with Crippen LogP contribution in [-0.4, -0.2) is 39.6 Å². The van der Waals surface area contributed by atoms with Gasteiger partial charge < -0.3 is 24.1 Å². The van der Waals surface area contributed by atoms with Crippen molar-refractivity contribution in [3.05, 3.63) is 17.7 Å². The Hall–Kier alpha value is -1.46. The van der Waals surface area contributed by atoms with E-state index in [0.717, 1.165) is 6.42 Å². The molecule has 1 atom stereocenters. The molecule has 1 rings (SSSR count). The fraction of sp³-hybridized carbons (Fsp3) is 0.571. The number of benzene rings is 1. The fourth-order valence-electron chi connectivity index (χ4n) is 1.74. The molecule has 1 unspecified atom stereocenters. The lowest BCUT2D eigenvalue weighted by molar-refractivity contribution is 0.0350. The van der Waals surface area contributed by atoms with E-state index >= 15 is 0 Å². The van der Waals surface area contributed by atoms with E-state index in [9.17, 15) is 5.11 Å². The third-order valence-electron chi connectivity index (χ3n) is 2.72. The molecule has 0 amide bonds. The van der Waals surface area contributed by atoms with Crippen molar-refractivity contribution in [3.63, 3.8) is 0 Å². The maximum Gasteiger partial charge on any atom is 0.164 e. The van der Waals surface area contributed by atoms with Gasteiger partial charge in [0.15, 0.2) is 11.5 Å². The highest BCUT2D eigenvalue weighted by Crippen LogP contribution is 2.37. The molecule has 108 valence electrons. The Bertz CT molecular complexity index is 392. The summed E-state index contributed by atoms with van der Waals surface area (Å²) in [7, 11) is 4.65. The van der Waals surface area contributed by atoms with E-state index < -0.39 is 6.10 Å². The number of aliphatic hydroxyl groups excluding tert-OH is 1. The van der Waals surface area contributed by atoms with E-state index in [0.29, 0.717) is 29.4 Å². The van der Waals surface area contributed by atoms with Crippen LogP contribution >= 0.6 is 0 Å². The molecule has 1 N–H and O–H groups in total.